The number of hydrogen-bond donors (Lipinski definition) is 2. The summed E-state index contributed by atoms with van der Waals surface area (Å²) in [5, 5.41) is 7.38. The molecule has 2 atom stereocenters. The normalized spacial score (nSPS) is 32.1. The maximum atomic E-state index is 12.5. The Morgan fingerprint density at radius 1 is 1.20 bits per heavy atom. The molecule has 20 heavy (non-hydrogen) atoms. The second kappa shape index (κ2) is 5.05. The number of hydrogen-bond acceptors (Lipinski definition) is 2. The van der Waals surface area contributed by atoms with E-state index >= 15 is 0 Å². The first kappa shape index (κ1) is 13.9. The first-order valence-corrected chi connectivity index (χ1v) is 7.71. The van der Waals surface area contributed by atoms with E-state index in [9.17, 15) is 4.79 Å². The predicted molar refractivity (Wildman–Crippen MR) is 81.1 cm³/mol. The van der Waals surface area contributed by atoms with Gasteiger partial charge in [-0.1, -0.05) is 17.7 Å². The van der Waals surface area contributed by atoms with Crippen molar-refractivity contribution < 1.29 is 4.79 Å². The molecule has 0 spiro atoms. The number of carbonyl (C=O) groups excluding carboxylic acids is 1. The fourth-order valence-electron chi connectivity index (χ4n) is 3.95. The van der Waals surface area contributed by atoms with Gasteiger partial charge in [0.25, 0.3) is 5.91 Å². The van der Waals surface area contributed by atoms with Crippen molar-refractivity contribution in [3.63, 3.8) is 0 Å². The summed E-state index contributed by atoms with van der Waals surface area (Å²) in [6, 6.07) is 7.17. The second-order valence-corrected chi connectivity index (χ2v) is 6.74. The van der Waals surface area contributed by atoms with Crippen molar-refractivity contribution in [1.29, 1.82) is 0 Å². The Kier molecular flexibility index (Phi) is 3.51. The summed E-state index contributed by atoms with van der Waals surface area (Å²) in [7, 11) is 2.04. The highest BCUT2D eigenvalue weighted by molar-refractivity contribution is 6.30. The summed E-state index contributed by atoms with van der Waals surface area (Å²) in [5.74, 6) is 0.00121. The standard InChI is InChI=1S/C16H21ClN2O/c1-18-15-6-3-7-16(11-15,9-8-15)19-14(20)12-4-2-5-13(17)10-12/h2,4-5,10,18H,3,6-9,11H2,1H3,(H,19,20)/t15-,16+/m0/s1. The van der Waals surface area contributed by atoms with Crippen LogP contribution in [0.2, 0.25) is 5.02 Å². The summed E-state index contributed by atoms with van der Waals surface area (Å²) in [6.07, 6.45) is 6.75. The SMILES string of the molecule is CN[C@@]12CCC[C@@](NC(=O)c3cccc(Cl)c3)(CC1)C2. The number of carbonyl (C=O) groups is 1. The third-order valence-corrected chi connectivity index (χ3v) is 5.30. The van der Waals surface area contributed by atoms with Crippen LogP contribution in [0.5, 0.6) is 0 Å². The third kappa shape index (κ3) is 2.45. The van der Waals surface area contributed by atoms with Crippen molar-refractivity contribution in [3.8, 4) is 0 Å². The van der Waals surface area contributed by atoms with Crippen molar-refractivity contribution in [1.82, 2.24) is 10.6 Å². The van der Waals surface area contributed by atoms with Gasteiger partial charge in [0.05, 0.1) is 0 Å². The van der Waals surface area contributed by atoms with E-state index in [0.29, 0.717) is 10.6 Å². The van der Waals surface area contributed by atoms with Gasteiger partial charge in [0.15, 0.2) is 0 Å². The maximum Gasteiger partial charge on any atom is 0.251 e. The summed E-state index contributed by atoms with van der Waals surface area (Å²) < 4.78 is 0. The number of halogens is 1. The lowest BCUT2D eigenvalue weighted by molar-refractivity contribution is 0.0871. The average Bonchev–Trinajstić information content (AvgIpc) is 2.70. The molecule has 2 aliphatic rings. The minimum atomic E-state index is -0.0271. The van der Waals surface area contributed by atoms with E-state index in [-0.39, 0.29) is 17.0 Å². The van der Waals surface area contributed by atoms with Crippen LogP contribution in [0.15, 0.2) is 24.3 Å². The molecule has 2 fully saturated rings. The molecule has 2 N–H and O–H groups in total. The molecule has 1 aromatic rings. The van der Waals surface area contributed by atoms with Crippen molar-refractivity contribution in [2.75, 3.05) is 7.05 Å². The molecule has 0 aliphatic heterocycles. The Labute approximate surface area is 125 Å². The molecule has 3 nitrogen and oxygen atoms in total. The number of benzene rings is 1. The van der Waals surface area contributed by atoms with E-state index in [0.717, 1.165) is 25.7 Å². The second-order valence-electron chi connectivity index (χ2n) is 6.31. The molecule has 0 aromatic heterocycles. The Morgan fingerprint density at radius 3 is 2.70 bits per heavy atom. The number of amides is 1. The van der Waals surface area contributed by atoms with Crippen molar-refractivity contribution in [2.24, 2.45) is 0 Å². The minimum absolute atomic E-state index is 0.00121. The van der Waals surface area contributed by atoms with Crippen molar-refractivity contribution >= 4 is 17.5 Å². The highest BCUT2D eigenvalue weighted by Gasteiger charge is 2.50. The number of fused-ring (bicyclic) bond motifs is 2. The fraction of sp³-hybridized carbons (Fsp3) is 0.562. The molecule has 2 bridgehead atoms. The van der Waals surface area contributed by atoms with Gasteiger partial charge in [-0.15, -0.1) is 0 Å². The summed E-state index contributed by atoms with van der Waals surface area (Å²) in [6.45, 7) is 0. The first-order valence-electron chi connectivity index (χ1n) is 7.34. The highest BCUT2D eigenvalue weighted by atomic mass is 35.5. The molecule has 0 heterocycles. The molecule has 4 heteroatoms. The largest absolute Gasteiger partial charge is 0.347 e. The van der Waals surface area contributed by atoms with Gasteiger partial charge in [0, 0.05) is 21.7 Å². The van der Waals surface area contributed by atoms with Crippen LogP contribution in [-0.2, 0) is 0 Å². The van der Waals surface area contributed by atoms with Gasteiger partial charge in [0.2, 0.25) is 0 Å². The fourth-order valence-corrected chi connectivity index (χ4v) is 4.14. The number of rotatable bonds is 3. The lowest BCUT2D eigenvalue weighted by atomic mass is 9.78. The van der Waals surface area contributed by atoms with Gasteiger partial charge in [-0.25, -0.2) is 0 Å². The lowest BCUT2D eigenvalue weighted by Crippen LogP contribution is -2.53. The summed E-state index contributed by atoms with van der Waals surface area (Å²) >= 11 is 5.96. The minimum Gasteiger partial charge on any atom is -0.347 e. The van der Waals surface area contributed by atoms with Crippen LogP contribution < -0.4 is 10.6 Å². The monoisotopic (exact) mass is 292 g/mol. The van der Waals surface area contributed by atoms with Gasteiger partial charge < -0.3 is 10.6 Å². The van der Waals surface area contributed by atoms with E-state index in [2.05, 4.69) is 10.6 Å². The van der Waals surface area contributed by atoms with Gasteiger partial charge in [-0.2, -0.15) is 0 Å². The van der Waals surface area contributed by atoms with Crippen LogP contribution in [-0.4, -0.2) is 24.0 Å². The molecular formula is C16H21ClN2O. The molecule has 0 saturated heterocycles. The zero-order valence-electron chi connectivity index (χ0n) is 11.8. The Hall–Kier alpha value is -1.06. The summed E-state index contributed by atoms with van der Waals surface area (Å²) in [4.78, 5) is 12.5. The zero-order valence-corrected chi connectivity index (χ0v) is 12.6. The van der Waals surface area contributed by atoms with Crippen molar-refractivity contribution in [3.05, 3.63) is 34.9 Å². The molecule has 1 amide bonds. The number of nitrogens with one attached hydrogen (secondary N) is 2. The molecule has 2 aliphatic carbocycles. The van der Waals surface area contributed by atoms with Gasteiger partial charge >= 0.3 is 0 Å². The molecule has 2 saturated carbocycles. The van der Waals surface area contributed by atoms with Crippen LogP contribution >= 0.6 is 11.6 Å². The Balaban J connectivity index is 1.76. The van der Waals surface area contributed by atoms with Gasteiger partial charge in [0.1, 0.15) is 0 Å². The van der Waals surface area contributed by atoms with Crippen LogP contribution in [0.25, 0.3) is 0 Å². The highest BCUT2D eigenvalue weighted by Crippen LogP contribution is 2.47. The molecular weight excluding hydrogens is 272 g/mol. The molecule has 0 radical (unpaired) electrons. The third-order valence-electron chi connectivity index (χ3n) is 5.07. The summed E-state index contributed by atoms with van der Waals surface area (Å²) in [5.41, 5.74) is 0.861. The van der Waals surface area contributed by atoms with Crippen LogP contribution in [0.1, 0.15) is 48.9 Å². The Bertz CT molecular complexity index is 533. The molecule has 0 unspecified atom stereocenters. The van der Waals surface area contributed by atoms with Gasteiger partial charge in [-0.3, -0.25) is 4.79 Å². The van der Waals surface area contributed by atoms with Crippen LogP contribution in [0.4, 0.5) is 0 Å². The van der Waals surface area contributed by atoms with E-state index in [1.807, 2.05) is 19.2 Å². The van der Waals surface area contributed by atoms with Crippen LogP contribution in [0.3, 0.4) is 0 Å². The molecule has 108 valence electrons. The van der Waals surface area contributed by atoms with Gasteiger partial charge in [-0.05, 0) is 63.8 Å². The van der Waals surface area contributed by atoms with E-state index in [1.54, 1.807) is 12.1 Å². The van der Waals surface area contributed by atoms with E-state index in [1.165, 1.54) is 12.8 Å². The van der Waals surface area contributed by atoms with E-state index in [4.69, 9.17) is 11.6 Å². The topological polar surface area (TPSA) is 41.1 Å². The lowest BCUT2D eigenvalue weighted by Gasteiger charge is -2.40. The quantitative estimate of drug-likeness (QED) is 0.899. The zero-order chi connectivity index (χ0) is 14.2. The van der Waals surface area contributed by atoms with Crippen LogP contribution in [0, 0.1) is 0 Å². The van der Waals surface area contributed by atoms with Crippen molar-refractivity contribution in [2.45, 2.75) is 49.6 Å². The average molecular weight is 293 g/mol. The first-order chi connectivity index (χ1) is 9.56. The van der Waals surface area contributed by atoms with E-state index < -0.39 is 0 Å². The maximum absolute atomic E-state index is 12.5. The smallest absolute Gasteiger partial charge is 0.251 e. The molecule has 3 rings (SSSR count). The predicted octanol–water partition coefficient (Wildman–Crippen LogP) is 3.13. The molecule has 1 aromatic carbocycles. The Morgan fingerprint density at radius 2 is 1.95 bits per heavy atom.